The Hall–Kier alpha value is -3.22. The summed E-state index contributed by atoms with van der Waals surface area (Å²) in [6.45, 7) is 8.81. The molecule has 35 heavy (non-hydrogen) atoms. The fourth-order valence-corrected chi connectivity index (χ4v) is 5.23. The van der Waals surface area contributed by atoms with Gasteiger partial charge in [0.15, 0.2) is 0 Å². The van der Waals surface area contributed by atoms with E-state index in [0.717, 1.165) is 43.7 Å². The van der Waals surface area contributed by atoms with Gasteiger partial charge in [-0.15, -0.1) is 0 Å². The molecule has 0 saturated carbocycles. The van der Waals surface area contributed by atoms with Crippen molar-refractivity contribution in [2.24, 2.45) is 0 Å². The zero-order chi connectivity index (χ0) is 24.6. The summed E-state index contributed by atoms with van der Waals surface area (Å²) in [5.74, 6) is 0.0725. The Labute approximate surface area is 207 Å². The zero-order valence-corrected chi connectivity index (χ0v) is 20.8. The van der Waals surface area contributed by atoms with Crippen LogP contribution in [0.25, 0.3) is 11.1 Å². The number of hydrogen-bond acceptors (Lipinski definition) is 5. The standard InChI is InChI=1S/C29H34N4O2/c1-20-8-9-24(17-25(20)21-10-13-30-27(16-21)29(2,3)35)32-14-11-23(12-15-32)33-18-22-6-4-5-7-26(22)31-28(34)19-33/h4-10,13,16-17,23,35H,11-12,14-15,18-19H2,1-3H3,(H,31,34). The van der Waals surface area contributed by atoms with Gasteiger partial charge in [-0.25, -0.2) is 0 Å². The van der Waals surface area contributed by atoms with Crippen molar-refractivity contribution in [3.05, 3.63) is 77.6 Å². The van der Waals surface area contributed by atoms with E-state index < -0.39 is 5.60 Å². The third-order valence-corrected chi connectivity index (χ3v) is 7.28. The second kappa shape index (κ2) is 9.44. The molecule has 2 N–H and O–H groups in total. The molecule has 1 aromatic heterocycles. The molecule has 6 heteroatoms. The maximum atomic E-state index is 12.5. The molecule has 0 radical (unpaired) electrons. The Bertz CT molecular complexity index is 1230. The minimum Gasteiger partial charge on any atom is -0.384 e. The Kier molecular flexibility index (Phi) is 6.34. The highest BCUT2D eigenvalue weighted by atomic mass is 16.3. The van der Waals surface area contributed by atoms with Gasteiger partial charge in [0.05, 0.1) is 12.2 Å². The molecule has 6 nitrogen and oxygen atoms in total. The molecule has 0 spiro atoms. The smallest absolute Gasteiger partial charge is 0.238 e. The molecular formula is C29H34N4O2. The van der Waals surface area contributed by atoms with Crippen LogP contribution in [0.5, 0.6) is 0 Å². The molecule has 5 rings (SSSR count). The van der Waals surface area contributed by atoms with Gasteiger partial charge in [-0.1, -0.05) is 24.3 Å². The zero-order valence-electron chi connectivity index (χ0n) is 20.8. The highest BCUT2D eigenvalue weighted by molar-refractivity contribution is 5.93. The summed E-state index contributed by atoms with van der Waals surface area (Å²) < 4.78 is 0. The molecule has 1 amide bonds. The van der Waals surface area contributed by atoms with Crippen LogP contribution in [0.2, 0.25) is 0 Å². The molecular weight excluding hydrogens is 436 g/mol. The van der Waals surface area contributed by atoms with Crippen LogP contribution in [0.4, 0.5) is 11.4 Å². The fraction of sp³-hybridized carbons (Fsp3) is 0.379. The first-order valence-corrected chi connectivity index (χ1v) is 12.4. The molecule has 1 saturated heterocycles. The number of carbonyl (C=O) groups excluding carboxylic acids is 1. The summed E-state index contributed by atoms with van der Waals surface area (Å²) in [5.41, 5.74) is 6.46. The van der Waals surface area contributed by atoms with E-state index in [0.29, 0.717) is 18.3 Å². The van der Waals surface area contributed by atoms with Crippen LogP contribution >= 0.6 is 0 Å². The van der Waals surface area contributed by atoms with E-state index in [-0.39, 0.29) is 5.91 Å². The Balaban J connectivity index is 1.31. The van der Waals surface area contributed by atoms with Crippen molar-refractivity contribution in [3.8, 4) is 11.1 Å². The molecule has 1 fully saturated rings. The fourth-order valence-electron chi connectivity index (χ4n) is 5.23. The number of nitrogens with one attached hydrogen (secondary N) is 1. The van der Waals surface area contributed by atoms with Crippen LogP contribution < -0.4 is 10.2 Å². The summed E-state index contributed by atoms with van der Waals surface area (Å²) in [5, 5.41) is 13.5. The van der Waals surface area contributed by atoms with Crippen LogP contribution in [0, 0.1) is 6.92 Å². The molecule has 0 bridgehead atoms. The summed E-state index contributed by atoms with van der Waals surface area (Å²) in [7, 11) is 0. The molecule has 2 aliphatic heterocycles. The van der Waals surface area contributed by atoms with Crippen molar-refractivity contribution in [2.45, 2.75) is 51.8 Å². The molecule has 182 valence electrons. The number of aryl methyl sites for hydroxylation is 1. The number of fused-ring (bicyclic) bond motifs is 1. The van der Waals surface area contributed by atoms with E-state index in [9.17, 15) is 9.90 Å². The first-order valence-electron chi connectivity index (χ1n) is 12.4. The minimum absolute atomic E-state index is 0.0725. The first kappa shape index (κ1) is 23.5. The minimum atomic E-state index is -0.978. The number of benzene rings is 2. The van der Waals surface area contributed by atoms with Crippen LogP contribution in [0.15, 0.2) is 60.8 Å². The molecule has 3 aromatic rings. The number of amides is 1. The number of nitrogens with zero attached hydrogens (tertiary/aromatic N) is 3. The number of aliphatic hydroxyl groups is 1. The first-order chi connectivity index (χ1) is 16.8. The average molecular weight is 471 g/mol. The van der Waals surface area contributed by atoms with Crippen molar-refractivity contribution in [2.75, 3.05) is 29.9 Å². The molecule has 0 atom stereocenters. The third kappa shape index (κ3) is 5.09. The molecule has 3 heterocycles. The number of rotatable bonds is 4. The summed E-state index contributed by atoms with van der Waals surface area (Å²) in [6.07, 6.45) is 3.82. The van der Waals surface area contributed by atoms with Gasteiger partial charge in [-0.05, 0) is 86.2 Å². The Morgan fingerprint density at radius 2 is 1.80 bits per heavy atom. The SMILES string of the molecule is Cc1ccc(N2CCC(N3CC(=O)Nc4ccccc4C3)CC2)cc1-c1ccnc(C(C)(C)O)c1. The van der Waals surface area contributed by atoms with Crippen LogP contribution in [0.1, 0.15) is 43.5 Å². The Morgan fingerprint density at radius 3 is 2.57 bits per heavy atom. The quantitative estimate of drug-likeness (QED) is 0.578. The van der Waals surface area contributed by atoms with E-state index in [1.54, 1.807) is 20.0 Å². The lowest BCUT2D eigenvalue weighted by atomic mass is 9.95. The van der Waals surface area contributed by atoms with E-state index in [1.807, 2.05) is 30.3 Å². The summed E-state index contributed by atoms with van der Waals surface area (Å²) >= 11 is 0. The van der Waals surface area contributed by atoms with Gasteiger partial charge in [0, 0.05) is 43.2 Å². The number of aromatic nitrogens is 1. The number of pyridine rings is 1. The van der Waals surface area contributed by atoms with Crippen molar-refractivity contribution in [1.82, 2.24) is 9.88 Å². The van der Waals surface area contributed by atoms with E-state index >= 15 is 0 Å². The van der Waals surface area contributed by atoms with Crippen LogP contribution in [-0.4, -0.2) is 46.6 Å². The highest BCUT2D eigenvalue weighted by Crippen LogP contribution is 2.32. The second-order valence-electron chi connectivity index (χ2n) is 10.3. The maximum Gasteiger partial charge on any atom is 0.238 e. The van der Waals surface area contributed by atoms with Crippen molar-refractivity contribution >= 4 is 17.3 Å². The van der Waals surface area contributed by atoms with Crippen LogP contribution in [0.3, 0.4) is 0 Å². The van der Waals surface area contributed by atoms with Gasteiger partial charge >= 0.3 is 0 Å². The van der Waals surface area contributed by atoms with Crippen molar-refractivity contribution in [3.63, 3.8) is 0 Å². The lowest BCUT2D eigenvalue weighted by molar-refractivity contribution is -0.117. The number of para-hydroxylation sites is 1. The average Bonchev–Trinajstić information content (AvgIpc) is 3.02. The van der Waals surface area contributed by atoms with Gasteiger partial charge in [-0.2, -0.15) is 0 Å². The summed E-state index contributed by atoms with van der Waals surface area (Å²) in [4.78, 5) is 21.6. The molecule has 0 unspecified atom stereocenters. The summed E-state index contributed by atoms with van der Waals surface area (Å²) in [6, 6.07) is 19.1. The van der Waals surface area contributed by atoms with Gasteiger partial charge in [0.1, 0.15) is 5.60 Å². The normalized spacial score (nSPS) is 17.6. The second-order valence-corrected chi connectivity index (χ2v) is 10.3. The van der Waals surface area contributed by atoms with Crippen molar-refractivity contribution in [1.29, 1.82) is 0 Å². The molecule has 2 aliphatic rings. The van der Waals surface area contributed by atoms with Crippen molar-refractivity contribution < 1.29 is 9.90 Å². The predicted molar refractivity (Wildman–Crippen MR) is 140 cm³/mol. The van der Waals surface area contributed by atoms with Gasteiger partial charge < -0.3 is 15.3 Å². The lowest BCUT2D eigenvalue weighted by Crippen LogP contribution is -2.46. The van der Waals surface area contributed by atoms with E-state index in [4.69, 9.17) is 0 Å². The van der Waals surface area contributed by atoms with Crippen LogP contribution in [-0.2, 0) is 16.9 Å². The van der Waals surface area contributed by atoms with Gasteiger partial charge in [0.25, 0.3) is 0 Å². The number of hydrogen-bond donors (Lipinski definition) is 2. The molecule has 2 aromatic carbocycles. The number of anilines is 2. The van der Waals surface area contributed by atoms with E-state index in [1.165, 1.54) is 22.4 Å². The number of piperidine rings is 1. The topological polar surface area (TPSA) is 68.7 Å². The predicted octanol–water partition coefficient (Wildman–Crippen LogP) is 4.71. The lowest BCUT2D eigenvalue weighted by Gasteiger charge is -2.39. The van der Waals surface area contributed by atoms with Gasteiger partial charge in [-0.3, -0.25) is 14.7 Å². The maximum absolute atomic E-state index is 12.5. The Morgan fingerprint density at radius 1 is 1.03 bits per heavy atom. The number of carbonyl (C=O) groups is 1. The van der Waals surface area contributed by atoms with E-state index in [2.05, 4.69) is 51.3 Å². The largest absolute Gasteiger partial charge is 0.384 e. The molecule has 0 aliphatic carbocycles. The monoisotopic (exact) mass is 470 g/mol. The third-order valence-electron chi connectivity index (χ3n) is 7.28. The highest BCUT2D eigenvalue weighted by Gasteiger charge is 2.29. The van der Waals surface area contributed by atoms with Gasteiger partial charge in [0.2, 0.25) is 5.91 Å².